The molecule has 0 aliphatic rings. The summed E-state index contributed by atoms with van der Waals surface area (Å²) in [6.45, 7) is 3.94. The zero-order chi connectivity index (χ0) is 9.84. The van der Waals surface area contributed by atoms with Gasteiger partial charge in [0.15, 0.2) is 0 Å². The summed E-state index contributed by atoms with van der Waals surface area (Å²) in [6, 6.07) is 5.80. The van der Waals surface area contributed by atoms with Gasteiger partial charge in [-0.05, 0) is 36.6 Å². The van der Waals surface area contributed by atoms with Gasteiger partial charge in [-0.1, -0.05) is 13.0 Å². The average molecular weight is 177 g/mol. The molecule has 2 N–H and O–H groups in total. The molecule has 0 spiro atoms. The van der Waals surface area contributed by atoms with Crippen LogP contribution in [-0.4, -0.2) is 6.29 Å². The Hall–Kier alpha value is -1.31. The van der Waals surface area contributed by atoms with E-state index in [4.69, 9.17) is 5.73 Å². The van der Waals surface area contributed by atoms with Crippen LogP contribution in [0.1, 0.15) is 18.1 Å². The second-order valence-corrected chi connectivity index (χ2v) is 3.50. The number of hydrogen-bond acceptors (Lipinski definition) is 2. The lowest BCUT2D eigenvalue weighted by Gasteiger charge is -2.08. The molecule has 0 aromatic heterocycles. The maximum atomic E-state index is 10.5. The van der Waals surface area contributed by atoms with Crippen molar-refractivity contribution in [1.29, 1.82) is 0 Å². The molecule has 70 valence electrons. The molecule has 0 amide bonds. The summed E-state index contributed by atoms with van der Waals surface area (Å²) in [7, 11) is 0. The van der Waals surface area contributed by atoms with Crippen LogP contribution in [0.2, 0.25) is 0 Å². The van der Waals surface area contributed by atoms with Gasteiger partial charge in [0.05, 0.1) is 0 Å². The number of rotatable bonds is 3. The molecule has 2 nitrogen and oxygen atoms in total. The monoisotopic (exact) mass is 177 g/mol. The maximum Gasteiger partial charge on any atom is 0.123 e. The normalized spacial score (nSPS) is 12.5. The van der Waals surface area contributed by atoms with Gasteiger partial charge in [-0.15, -0.1) is 0 Å². The Labute approximate surface area is 78.8 Å². The number of benzene rings is 1. The first-order chi connectivity index (χ1) is 6.13. The standard InChI is InChI=1S/C11H15NO/c1-8(7-13)5-10-3-4-11(12)6-9(10)2/h3-4,6-8H,5,12H2,1-2H3. The molecule has 0 fully saturated rings. The molecule has 1 aromatic rings. The van der Waals surface area contributed by atoms with Crippen LogP contribution >= 0.6 is 0 Å². The molecule has 13 heavy (non-hydrogen) atoms. The van der Waals surface area contributed by atoms with Gasteiger partial charge in [0.1, 0.15) is 6.29 Å². The number of aryl methyl sites for hydroxylation is 1. The fraction of sp³-hybridized carbons (Fsp3) is 0.364. The Morgan fingerprint density at radius 1 is 1.54 bits per heavy atom. The van der Waals surface area contributed by atoms with Gasteiger partial charge < -0.3 is 10.5 Å². The summed E-state index contributed by atoms with van der Waals surface area (Å²) < 4.78 is 0. The Morgan fingerprint density at radius 3 is 2.77 bits per heavy atom. The van der Waals surface area contributed by atoms with E-state index < -0.39 is 0 Å². The van der Waals surface area contributed by atoms with Gasteiger partial charge in [-0.25, -0.2) is 0 Å². The van der Waals surface area contributed by atoms with E-state index in [2.05, 4.69) is 0 Å². The third kappa shape index (κ3) is 2.58. The predicted molar refractivity (Wildman–Crippen MR) is 54.5 cm³/mol. The topological polar surface area (TPSA) is 43.1 Å². The highest BCUT2D eigenvalue weighted by molar-refractivity contribution is 5.54. The van der Waals surface area contributed by atoms with E-state index in [1.165, 1.54) is 5.56 Å². The Kier molecular flexibility index (Phi) is 3.07. The first-order valence-electron chi connectivity index (χ1n) is 4.43. The number of carbonyl (C=O) groups is 1. The molecule has 0 aliphatic carbocycles. The second kappa shape index (κ2) is 4.08. The summed E-state index contributed by atoms with van der Waals surface area (Å²) in [4.78, 5) is 10.5. The zero-order valence-electron chi connectivity index (χ0n) is 8.08. The van der Waals surface area contributed by atoms with E-state index >= 15 is 0 Å². The molecular weight excluding hydrogens is 162 g/mol. The number of anilines is 1. The van der Waals surface area contributed by atoms with E-state index in [0.29, 0.717) is 0 Å². The van der Waals surface area contributed by atoms with Crippen LogP contribution in [0.4, 0.5) is 5.69 Å². The van der Waals surface area contributed by atoms with Crippen LogP contribution in [0.25, 0.3) is 0 Å². The third-order valence-corrected chi connectivity index (χ3v) is 2.14. The van der Waals surface area contributed by atoms with Crippen molar-refractivity contribution < 1.29 is 4.79 Å². The van der Waals surface area contributed by atoms with Crippen molar-refractivity contribution in [1.82, 2.24) is 0 Å². The van der Waals surface area contributed by atoms with Crippen LogP contribution in [-0.2, 0) is 11.2 Å². The fourth-order valence-corrected chi connectivity index (χ4v) is 1.34. The lowest BCUT2D eigenvalue weighted by atomic mass is 9.98. The summed E-state index contributed by atoms with van der Waals surface area (Å²) in [5.74, 6) is 0.0855. The maximum absolute atomic E-state index is 10.5. The summed E-state index contributed by atoms with van der Waals surface area (Å²) in [5, 5.41) is 0. The summed E-state index contributed by atoms with van der Waals surface area (Å²) >= 11 is 0. The molecule has 1 aromatic carbocycles. The van der Waals surface area contributed by atoms with Crippen molar-refractivity contribution >= 4 is 12.0 Å². The third-order valence-electron chi connectivity index (χ3n) is 2.14. The minimum atomic E-state index is 0.0855. The van der Waals surface area contributed by atoms with Crippen LogP contribution in [0.15, 0.2) is 18.2 Å². The van der Waals surface area contributed by atoms with Gasteiger partial charge in [-0.2, -0.15) is 0 Å². The van der Waals surface area contributed by atoms with Crippen LogP contribution in [0.5, 0.6) is 0 Å². The minimum Gasteiger partial charge on any atom is -0.399 e. The molecule has 1 unspecified atom stereocenters. The molecule has 1 atom stereocenters. The first kappa shape index (κ1) is 9.78. The molecule has 0 aliphatic heterocycles. The van der Waals surface area contributed by atoms with Crippen molar-refractivity contribution in [2.24, 2.45) is 5.92 Å². The number of nitrogens with two attached hydrogens (primary N) is 1. The van der Waals surface area contributed by atoms with Crippen LogP contribution in [0, 0.1) is 12.8 Å². The van der Waals surface area contributed by atoms with Gasteiger partial charge in [-0.3, -0.25) is 0 Å². The van der Waals surface area contributed by atoms with E-state index in [1.54, 1.807) is 0 Å². The highest BCUT2D eigenvalue weighted by Crippen LogP contribution is 2.15. The molecule has 0 heterocycles. The quantitative estimate of drug-likeness (QED) is 0.566. The van der Waals surface area contributed by atoms with Gasteiger partial charge >= 0.3 is 0 Å². The van der Waals surface area contributed by atoms with Crippen molar-refractivity contribution in [3.05, 3.63) is 29.3 Å². The van der Waals surface area contributed by atoms with Crippen molar-refractivity contribution in [2.75, 3.05) is 5.73 Å². The fourth-order valence-electron chi connectivity index (χ4n) is 1.34. The Morgan fingerprint density at radius 2 is 2.23 bits per heavy atom. The van der Waals surface area contributed by atoms with Crippen molar-refractivity contribution in [2.45, 2.75) is 20.3 Å². The van der Waals surface area contributed by atoms with Crippen LogP contribution in [0.3, 0.4) is 0 Å². The first-order valence-corrected chi connectivity index (χ1v) is 4.43. The van der Waals surface area contributed by atoms with Crippen molar-refractivity contribution in [3.8, 4) is 0 Å². The zero-order valence-corrected chi connectivity index (χ0v) is 8.08. The molecule has 0 saturated carbocycles. The van der Waals surface area contributed by atoms with Gasteiger partial charge in [0, 0.05) is 11.6 Å². The van der Waals surface area contributed by atoms with E-state index in [0.717, 1.165) is 24.0 Å². The molecule has 2 heteroatoms. The van der Waals surface area contributed by atoms with Gasteiger partial charge in [0.25, 0.3) is 0 Å². The van der Waals surface area contributed by atoms with Crippen molar-refractivity contribution in [3.63, 3.8) is 0 Å². The van der Waals surface area contributed by atoms with E-state index in [-0.39, 0.29) is 5.92 Å². The predicted octanol–water partition coefficient (Wildman–Crippen LogP) is 1.95. The number of nitrogen functional groups attached to an aromatic ring is 1. The average Bonchev–Trinajstić information content (AvgIpc) is 2.09. The van der Waals surface area contributed by atoms with E-state index in [9.17, 15) is 4.79 Å². The second-order valence-electron chi connectivity index (χ2n) is 3.50. The largest absolute Gasteiger partial charge is 0.399 e. The van der Waals surface area contributed by atoms with Gasteiger partial charge in [0.2, 0.25) is 0 Å². The highest BCUT2D eigenvalue weighted by Gasteiger charge is 2.04. The Bertz CT molecular complexity index is 307. The Balaban J connectivity index is 2.83. The van der Waals surface area contributed by atoms with E-state index in [1.807, 2.05) is 32.0 Å². The lowest BCUT2D eigenvalue weighted by molar-refractivity contribution is -0.110. The lowest BCUT2D eigenvalue weighted by Crippen LogP contribution is -2.02. The molecule has 1 rings (SSSR count). The summed E-state index contributed by atoms with van der Waals surface area (Å²) in [6.07, 6.45) is 1.78. The SMILES string of the molecule is Cc1cc(N)ccc1CC(C)C=O. The smallest absolute Gasteiger partial charge is 0.123 e. The minimum absolute atomic E-state index is 0.0855. The molecular formula is C11H15NO. The number of carbonyl (C=O) groups excluding carboxylic acids is 1. The molecule has 0 bridgehead atoms. The molecule has 0 radical (unpaired) electrons. The summed E-state index contributed by atoms with van der Waals surface area (Å²) in [5.41, 5.74) is 8.76. The number of aldehydes is 1. The number of hydrogen-bond donors (Lipinski definition) is 1. The molecule has 0 saturated heterocycles. The van der Waals surface area contributed by atoms with Crippen LogP contribution < -0.4 is 5.73 Å². The highest BCUT2D eigenvalue weighted by atomic mass is 16.1.